The zero-order valence-electron chi connectivity index (χ0n) is 13.1. The Labute approximate surface area is 126 Å². The zero-order chi connectivity index (χ0) is 14.6. The van der Waals surface area contributed by atoms with Crippen LogP contribution >= 0.6 is 0 Å². The van der Waals surface area contributed by atoms with Gasteiger partial charge in [0.25, 0.3) is 5.91 Å². The van der Waals surface area contributed by atoms with Crippen molar-refractivity contribution in [3.63, 3.8) is 0 Å². The van der Waals surface area contributed by atoms with E-state index in [1.807, 2.05) is 11.6 Å². The summed E-state index contributed by atoms with van der Waals surface area (Å²) in [4.78, 5) is 12.7. The number of nitrogens with one attached hydrogen (secondary N) is 1. The van der Waals surface area contributed by atoms with Gasteiger partial charge in [-0.25, -0.2) is 0 Å². The fourth-order valence-corrected chi connectivity index (χ4v) is 5.56. The van der Waals surface area contributed by atoms with Gasteiger partial charge in [0.15, 0.2) is 0 Å². The van der Waals surface area contributed by atoms with Gasteiger partial charge in [0, 0.05) is 17.8 Å². The molecule has 4 bridgehead atoms. The lowest BCUT2D eigenvalue weighted by Crippen LogP contribution is -2.59. The van der Waals surface area contributed by atoms with E-state index in [1.165, 1.54) is 38.5 Å². The van der Waals surface area contributed by atoms with Gasteiger partial charge in [-0.2, -0.15) is 5.10 Å². The smallest absolute Gasteiger partial charge is 0.255 e. The molecular weight excluding hydrogens is 262 g/mol. The Morgan fingerprint density at radius 2 is 1.86 bits per heavy atom. The van der Waals surface area contributed by atoms with Gasteiger partial charge < -0.3 is 5.32 Å². The highest BCUT2D eigenvalue weighted by molar-refractivity contribution is 5.95. The van der Waals surface area contributed by atoms with Crippen molar-refractivity contribution in [2.45, 2.75) is 64.5 Å². The molecule has 4 fully saturated rings. The van der Waals surface area contributed by atoms with Gasteiger partial charge in [-0.3, -0.25) is 9.48 Å². The number of hydrogen-bond acceptors (Lipinski definition) is 2. The number of nitrogens with zero attached hydrogens (tertiary/aromatic N) is 2. The van der Waals surface area contributed by atoms with Crippen LogP contribution in [0.15, 0.2) is 6.20 Å². The molecule has 5 rings (SSSR count). The average molecular weight is 287 g/mol. The van der Waals surface area contributed by atoms with Crippen molar-refractivity contribution in [2.75, 3.05) is 0 Å². The standard InChI is InChI=1S/C17H25N3O/c1-3-20-11(2)15(10-18-20)16(21)19-17-7-12-4-13(8-17)6-14(5-12)9-17/h10,12-14H,3-9H2,1-2H3,(H,19,21). The summed E-state index contributed by atoms with van der Waals surface area (Å²) < 4.78 is 1.90. The molecule has 21 heavy (non-hydrogen) atoms. The minimum atomic E-state index is 0.0899. The lowest BCUT2D eigenvalue weighted by atomic mass is 9.53. The molecule has 1 N–H and O–H groups in total. The highest BCUT2D eigenvalue weighted by atomic mass is 16.1. The molecule has 1 heterocycles. The Morgan fingerprint density at radius 3 is 2.33 bits per heavy atom. The van der Waals surface area contributed by atoms with Crippen molar-refractivity contribution < 1.29 is 4.79 Å². The van der Waals surface area contributed by atoms with Crippen LogP contribution in [0.4, 0.5) is 0 Å². The van der Waals surface area contributed by atoms with E-state index in [4.69, 9.17) is 0 Å². The van der Waals surface area contributed by atoms with Crippen molar-refractivity contribution in [1.29, 1.82) is 0 Å². The average Bonchev–Trinajstić information content (AvgIpc) is 2.77. The molecule has 0 atom stereocenters. The Hall–Kier alpha value is -1.32. The van der Waals surface area contributed by atoms with E-state index >= 15 is 0 Å². The van der Waals surface area contributed by atoms with E-state index in [0.29, 0.717) is 0 Å². The lowest BCUT2D eigenvalue weighted by Gasteiger charge is -2.56. The monoisotopic (exact) mass is 287 g/mol. The Balaban J connectivity index is 1.55. The molecule has 0 aromatic carbocycles. The summed E-state index contributed by atoms with van der Waals surface area (Å²) in [7, 11) is 0. The van der Waals surface area contributed by atoms with Gasteiger partial charge in [0.2, 0.25) is 0 Å². The molecule has 4 aliphatic carbocycles. The second-order valence-corrected chi connectivity index (χ2v) is 7.61. The molecule has 0 spiro atoms. The van der Waals surface area contributed by atoms with Crippen LogP contribution in [0.3, 0.4) is 0 Å². The quantitative estimate of drug-likeness (QED) is 0.929. The predicted molar refractivity (Wildman–Crippen MR) is 81.0 cm³/mol. The molecule has 4 nitrogen and oxygen atoms in total. The van der Waals surface area contributed by atoms with Crippen LogP contribution in [0.5, 0.6) is 0 Å². The maximum absolute atomic E-state index is 12.7. The fourth-order valence-electron chi connectivity index (χ4n) is 5.56. The minimum Gasteiger partial charge on any atom is -0.346 e. The van der Waals surface area contributed by atoms with Gasteiger partial charge in [-0.15, -0.1) is 0 Å². The van der Waals surface area contributed by atoms with Gasteiger partial charge in [-0.05, 0) is 70.1 Å². The van der Waals surface area contributed by atoms with E-state index in [0.717, 1.165) is 35.6 Å². The van der Waals surface area contributed by atoms with E-state index in [2.05, 4.69) is 17.3 Å². The largest absolute Gasteiger partial charge is 0.346 e. The number of carbonyl (C=O) groups excluding carboxylic acids is 1. The normalized spacial score (nSPS) is 37.0. The summed E-state index contributed by atoms with van der Waals surface area (Å²) >= 11 is 0. The van der Waals surface area contributed by atoms with Crippen molar-refractivity contribution in [2.24, 2.45) is 17.8 Å². The molecule has 4 heteroatoms. The summed E-state index contributed by atoms with van der Waals surface area (Å²) in [5.41, 5.74) is 1.83. The molecule has 1 amide bonds. The van der Waals surface area contributed by atoms with Gasteiger partial charge in [-0.1, -0.05) is 0 Å². The minimum absolute atomic E-state index is 0.0899. The first-order valence-corrected chi connectivity index (χ1v) is 8.43. The van der Waals surface area contributed by atoms with Crippen molar-refractivity contribution >= 4 is 5.91 Å². The first-order valence-electron chi connectivity index (χ1n) is 8.43. The number of carbonyl (C=O) groups is 1. The summed E-state index contributed by atoms with van der Waals surface area (Å²) in [6.07, 6.45) is 9.55. The maximum Gasteiger partial charge on any atom is 0.255 e. The SMILES string of the molecule is CCn1ncc(C(=O)NC23CC4CC(CC(C4)C2)C3)c1C. The van der Waals surface area contributed by atoms with Crippen molar-refractivity contribution in [3.05, 3.63) is 17.5 Å². The van der Waals surface area contributed by atoms with Crippen LogP contribution in [-0.4, -0.2) is 21.2 Å². The molecule has 1 aromatic heterocycles. The van der Waals surface area contributed by atoms with Crippen LogP contribution < -0.4 is 5.32 Å². The lowest BCUT2D eigenvalue weighted by molar-refractivity contribution is -0.0167. The third-order valence-corrected chi connectivity index (χ3v) is 6.06. The van der Waals surface area contributed by atoms with E-state index < -0.39 is 0 Å². The summed E-state index contributed by atoms with van der Waals surface area (Å²) in [6.45, 7) is 4.86. The van der Waals surface area contributed by atoms with Gasteiger partial charge >= 0.3 is 0 Å². The molecule has 1 aromatic rings. The van der Waals surface area contributed by atoms with Crippen LogP contribution in [0, 0.1) is 24.7 Å². The summed E-state index contributed by atoms with van der Waals surface area (Å²) in [6, 6.07) is 0. The van der Waals surface area contributed by atoms with E-state index in [-0.39, 0.29) is 11.4 Å². The van der Waals surface area contributed by atoms with E-state index in [9.17, 15) is 4.79 Å². The third-order valence-electron chi connectivity index (χ3n) is 6.06. The first kappa shape index (κ1) is 13.4. The number of amides is 1. The van der Waals surface area contributed by atoms with Crippen LogP contribution in [-0.2, 0) is 6.54 Å². The van der Waals surface area contributed by atoms with Crippen LogP contribution in [0.1, 0.15) is 61.5 Å². The number of hydrogen-bond donors (Lipinski definition) is 1. The zero-order valence-corrected chi connectivity index (χ0v) is 13.1. The predicted octanol–water partition coefficient (Wildman–Crippen LogP) is 2.91. The van der Waals surface area contributed by atoms with Crippen LogP contribution in [0.25, 0.3) is 0 Å². The fraction of sp³-hybridized carbons (Fsp3) is 0.765. The number of aryl methyl sites for hydroxylation is 1. The van der Waals surface area contributed by atoms with E-state index in [1.54, 1.807) is 6.20 Å². The summed E-state index contributed by atoms with van der Waals surface area (Å²) in [5.74, 6) is 2.66. The van der Waals surface area contributed by atoms with Gasteiger partial charge in [0.1, 0.15) is 0 Å². The topological polar surface area (TPSA) is 46.9 Å². The highest BCUT2D eigenvalue weighted by Gasteiger charge is 2.51. The molecule has 4 saturated carbocycles. The Morgan fingerprint density at radius 1 is 1.29 bits per heavy atom. The molecule has 0 saturated heterocycles. The van der Waals surface area contributed by atoms with Crippen LogP contribution in [0.2, 0.25) is 0 Å². The third kappa shape index (κ3) is 2.11. The molecule has 0 unspecified atom stereocenters. The Kier molecular flexibility index (Phi) is 2.92. The molecule has 4 aliphatic rings. The summed E-state index contributed by atoms with van der Waals surface area (Å²) in [5, 5.41) is 7.73. The second-order valence-electron chi connectivity index (χ2n) is 7.61. The maximum atomic E-state index is 12.7. The van der Waals surface area contributed by atoms with Crippen molar-refractivity contribution in [1.82, 2.24) is 15.1 Å². The first-order chi connectivity index (χ1) is 10.1. The van der Waals surface area contributed by atoms with Gasteiger partial charge in [0.05, 0.1) is 11.8 Å². The second kappa shape index (κ2) is 4.59. The molecular formula is C17H25N3O. The number of rotatable bonds is 3. The highest BCUT2D eigenvalue weighted by Crippen LogP contribution is 2.55. The number of aromatic nitrogens is 2. The Bertz CT molecular complexity index is 539. The molecule has 114 valence electrons. The molecule has 0 radical (unpaired) electrons. The van der Waals surface area contributed by atoms with Crippen molar-refractivity contribution in [3.8, 4) is 0 Å². The molecule has 0 aliphatic heterocycles.